The molecule has 1 aromatic heterocycles. The number of carbonyl (C=O) groups excluding carboxylic acids is 2. The molecule has 2 rings (SSSR count). The fraction of sp³-hybridized carbons (Fsp3) is 0.538. The molecule has 1 aromatic rings. The Morgan fingerprint density at radius 2 is 1.73 bits per heavy atom. The summed E-state index contributed by atoms with van der Waals surface area (Å²) in [6.07, 6.45) is -11.0. The molecule has 0 radical (unpaired) electrons. The summed E-state index contributed by atoms with van der Waals surface area (Å²) < 4.78 is 83.9. The van der Waals surface area contributed by atoms with E-state index in [9.17, 15) is 35.9 Å². The van der Waals surface area contributed by atoms with Crippen LogP contribution in [0.2, 0.25) is 0 Å². The van der Waals surface area contributed by atoms with E-state index in [2.05, 4.69) is 14.8 Å². The number of esters is 2. The quantitative estimate of drug-likeness (QED) is 0.469. The van der Waals surface area contributed by atoms with Crippen molar-refractivity contribution in [1.82, 2.24) is 10.2 Å². The summed E-state index contributed by atoms with van der Waals surface area (Å²) in [5.74, 6) is -8.43. The largest absolute Gasteiger partial charge is 0.491 e. The summed E-state index contributed by atoms with van der Waals surface area (Å²) in [5, 5.41) is 4.11. The van der Waals surface area contributed by atoms with Crippen molar-refractivity contribution >= 4 is 23.3 Å². The van der Waals surface area contributed by atoms with Crippen molar-refractivity contribution in [3.8, 4) is 0 Å². The molecule has 0 aromatic carbocycles. The summed E-state index contributed by atoms with van der Waals surface area (Å²) in [5.41, 5.74) is 0. The van der Waals surface area contributed by atoms with Crippen molar-refractivity contribution in [3.63, 3.8) is 0 Å². The van der Waals surface area contributed by atoms with Crippen LogP contribution in [0, 0.1) is 0 Å². The molecule has 13 heteroatoms. The van der Waals surface area contributed by atoms with Crippen LogP contribution in [0.25, 0.3) is 0 Å². The molecule has 0 spiro atoms. The van der Waals surface area contributed by atoms with E-state index in [0.717, 1.165) is 4.90 Å². The number of nitrogens with zero attached hydrogens (tertiary/aromatic N) is 1. The fourth-order valence-corrected chi connectivity index (χ4v) is 2.88. The third-order valence-corrected chi connectivity index (χ3v) is 4.14. The van der Waals surface area contributed by atoms with Crippen LogP contribution in [0.1, 0.15) is 4.88 Å². The fourth-order valence-electron chi connectivity index (χ4n) is 2.16. The van der Waals surface area contributed by atoms with Gasteiger partial charge < -0.3 is 14.8 Å². The monoisotopic (exact) mass is 406 g/mol. The first-order valence-electron chi connectivity index (χ1n) is 7.02. The zero-order chi connectivity index (χ0) is 19.6. The van der Waals surface area contributed by atoms with E-state index in [-0.39, 0.29) is 19.6 Å². The molecule has 1 aliphatic heterocycles. The number of carbonyl (C=O) groups is 2. The molecule has 1 saturated heterocycles. The summed E-state index contributed by atoms with van der Waals surface area (Å²) in [6.45, 7) is -0.911. The summed E-state index contributed by atoms with van der Waals surface area (Å²) >= 11 is 1.18. The van der Waals surface area contributed by atoms with E-state index < -0.39 is 36.7 Å². The first-order chi connectivity index (χ1) is 11.9. The van der Waals surface area contributed by atoms with Crippen LogP contribution in [0.15, 0.2) is 17.5 Å². The van der Waals surface area contributed by atoms with Gasteiger partial charge in [-0.05, 0) is 11.4 Å². The van der Waals surface area contributed by atoms with Crippen molar-refractivity contribution in [3.05, 3.63) is 22.4 Å². The topological polar surface area (TPSA) is 67.9 Å². The molecular weight excluding hydrogens is 394 g/mol. The van der Waals surface area contributed by atoms with E-state index >= 15 is 0 Å². The molecular formula is C13H12F6N2O4S. The molecule has 146 valence electrons. The van der Waals surface area contributed by atoms with Crippen LogP contribution < -0.4 is 5.32 Å². The van der Waals surface area contributed by atoms with Crippen molar-refractivity contribution in [2.24, 2.45) is 0 Å². The summed E-state index contributed by atoms with van der Waals surface area (Å²) in [7, 11) is 0. The Labute approximate surface area is 146 Å². The van der Waals surface area contributed by atoms with Gasteiger partial charge in [0.15, 0.2) is 0 Å². The lowest BCUT2D eigenvalue weighted by Gasteiger charge is -2.44. The van der Waals surface area contributed by atoms with Gasteiger partial charge in [-0.15, -0.1) is 11.3 Å². The second-order valence-corrected chi connectivity index (χ2v) is 6.20. The summed E-state index contributed by atoms with van der Waals surface area (Å²) in [6, 6.07) is 3.20. The molecule has 0 saturated carbocycles. The minimum atomic E-state index is -5.48. The van der Waals surface area contributed by atoms with Gasteiger partial charge in [-0.2, -0.15) is 26.3 Å². The van der Waals surface area contributed by atoms with E-state index in [1.165, 1.54) is 11.3 Å². The van der Waals surface area contributed by atoms with Crippen molar-refractivity contribution < 1.29 is 45.4 Å². The van der Waals surface area contributed by atoms with E-state index in [1.54, 1.807) is 17.5 Å². The smallest absolute Gasteiger partial charge is 0.400 e. The third kappa shape index (κ3) is 4.86. The Morgan fingerprint density at radius 1 is 1.15 bits per heavy atom. The number of thiophene rings is 1. The second kappa shape index (κ2) is 7.40. The molecule has 6 nitrogen and oxygen atoms in total. The lowest BCUT2D eigenvalue weighted by Crippen LogP contribution is -2.66. The SMILES string of the molecule is O=C(OC1(OC(=O)C(F)(F)F)CNCCN1Cc1cccs1)C(F)(F)F. The molecule has 0 aliphatic carbocycles. The zero-order valence-electron chi connectivity index (χ0n) is 12.8. The molecule has 1 N–H and O–H groups in total. The molecule has 2 heterocycles. The van der Waals surface area contributed by atoms with Gasteiger partial charge >= 0.3 is 30.2 Å². The van der Waals surface area contributed by atoms with Gasteiger partial charge in [-0.1, -0.05) is 6.07 Å². The Balaban J connectivity index is 2.35. The first kappa shape index (κ1) is 20.5. The predicted molar refractivity (Wildman–Crippen MR) is 74.6 cm³/mol. The Hall–Kier alpha value is -1.86. The van der Waals surface area contributed by atoms with Crippen molar-refractivity contribution in [1.29, 1.82) is 0 Å². The molecule has 1 fully saturated rings. The van der Waals surface area contributed by atoms with Gasteiger partial charge in [0.1, 0.15) is 0 Å². The van der Waals surface area contributed by atoms with Gasteiger partial charge in [0.25, 0.3) is 0 Å². The zero-order valence-corrected chi connectivity index (χ0v) is 13.6. The van der Waals surface area contributed by atoms with Crippen molar-refractivity contribution in [2.45, 2.75) is 24.8 Å². The number of piperazine rings is 1. The number of hydrogen-bond acceptors (Lipinski definition) is 7. The molecule has 0 unspecified atom stereocenters. The Morgan fingerprint density at radius 3 is 2.19 bits per heavy atom. The van der Waals surface area contributed by atoms with Crippen LogP contribution in [-0.2, 0) is 25.6 Å². The minimum absolute atomic E-state index is 0.131. The van der Waals surface area contributed by atoms with Crippen LogP contribution in [0.4, 0.5) is 26.3 Å². The van der Waals surface area contributed by atoms with Gasteiger partial charge in [0, 0.05) is 24.5 Å². The van der Waals surface area contributed by atoms with E-state index in [4.69, 9.17) is 0 Å². The molecule has 0 amide bonds. The second-order valence-electron chi connectivity index (χ2n) is 5.16. The van der Waals surface area contributed by atoms with E-state index in [0.29, 0.717) is 4.88 Å². The number of hydrogen-bond donors (Lipinski definition) is 1. The maximum atomic E-state index is 12.6. The molecule has 0 atom stereocenters. The average molecular weight is 406 g/mol. The van der Waals surface area contributed by atoms with Gasteiger partial charge in [-0.25, -0.2) is 14.5 Å². The normalized spacial score (nSPS) is 18.4. The maximum Gasteiger partial charge on any atom is 0.491 e. The van der Waals surface area contributed by atoms with Crippen LogP contribution in [0.3, 0.4) is 0 Å². The highest BCUT2D eigenvalue weighted by Crippen LogP contribution is 2.31. The number of rotatable bonds is 4. The highest BCUT2D eigenvalue weighted by atomic mass is 32.1. The van der Waals surface area contributed by atoms with Crippen LogP contribution >= 0.6 is 11.3 Å². The Bertz CT molecular complexity index is 618. The highest BCUT2D eigenvalue weighted by molar-refractivity contribution is 7.09. The predicted octanol–water partition coefficient (Wildman–Crippen LogP) is 2.02. The van der Waals surface area contributed by atoms with Crippen molar-refractivity contribution in [2.75, 3.05) is 19.6 Å². The molecule has 1 aliphatic rings. The molecule has 26 heavy (non-hydrogen) atoms. The Kier molecular flexibility index (Phi) is 5.82. The first-order valence-corrected chi connectivity index (χ1v) is 7.90. The highest BCUT2D eigenvalue weighted by Gasteiger charge is 2.56. The van der Waals surface area contributed by atoms with Gasteiger partial charge in [0.05, 0.1) is 6.54 Å². The number of halogens is 6. The van der Waals surface area contributed by atoms with Gasteiger partial charge in [0.2, 0.25) is 0 Å². The van der Waals surface area contributed by atoms with Crippen LogP contribution in [0.5, 0.6) is 0 Å². The average Bonchev–Trinajstić information content (AvgIpc) is 3.00. The lowest BCUT2D eigenvalue weighted by molar-refractivity contribution is -0.321. The minimum Gasteiger partial charge on any atom is -0.400 e. The molecule has 0 bridgehead atoms. The van der Waals surface area contributed by atoms with Crippen LogP contribution in [-0.4, -0.2) is 54.7 Å². The number of ether oxygens (including phenoxy) is 2. The van der Waals surface area contributed by atoms with E-state index in [1.807, 2.05) is 0 Å². The number of alkyl halides is 6. The third-order valence-electron chi connectivity index (χ3n) is 3.28. The standard InChI is InChI=1S/C13H12F6N2O4S/c14-12(15,16)9(22)24-11(25-10(23)13(17,18)19)7-20-3-4-21(11)6-8-2-1-5-26-8/h1-2,5,20H,3-4,6-7H2. The number of nitrogens with one attached hydrogen (secondary N) is 1. The maximum absolute atomic E-state index is 12.6. The van der Waals surface area contributed by atoms with Gasteiger partial charge in [-0.3, -0.25) is 0 Å². The summed E-state index contributed by atoms with van der Waals surface area (Å²) in [4.78, 5) is 24.0. The lowest BCUT2D eigenvalue weighted by atomic mass is 10.2.